The number of ether oxygens (including phenoxy) is 1. The number of aliphatic imine (C=N–C) groups is 1. The first-order valence-corrected chi connectivity index (χ1v) is 10.1. The number of rotatable bonds is 5. The van der Waals surface area contributed by atoms with Gasteiger partial charge in [0.1, 0.15) is 5.75 Å². The van der Waals surface area contributed by atoms with Gasteiger partial charge in [0.2, 0.25) is 0 Å². The van der Waals surface area contributed by atoms with Gasteiger partial charge in [-0.1, -0.05) is 66.7 Å². The second-order valence-corrected chi connectivity index (χ2v) is 7.47. The molecule has 0 saturated carbocycles. The Morgan fingerprint density at radius 2 is 1.59 bits per heavy atom. The highest BCUT2D eigenvalue weighted by atomic mass is 32.2. The number of hydrogen-bond acceptors (Lipinski definition) is 4. The van der Waals surface area contributed by atoms with Crippen LogP contribution in [0.4, 0.5) is 5.69 Å². The molecule has 4 nitrogen and oxygen atoms in total. The van der Waals surface area contributed by atoms with Crippen LogP contribution in [0.1, 0.15) is 11.1 Å². The summed E-state index contributed by atoms with van der Waals surface area (Å²) in [6.45, 7) is 0.474. The predicted octanol–water partition coefficient (Wildman–Crippen LogP) is 5.50. The minimum Gasteiger partial charge on any atom is -0.496 e. The molecule has 1 saturated heterocycles. The molecule has 0 spiro atoms. The number of carbonyl (C=O) groups is 1. The van der Waals surface area contributed by atoms with Crippen molar-refractivity contribution < 1.29 is 9.53 Å². The van der Waals surface area contributed by atoms with Crippen LogP contribution in [0.5, 0.6) is 5.75 Å². The fraction of sp³-hybridized carbons (Fsp3) is 0.0833. The van der Waals surface area contributed by atoms with E-state index in [1.807, 2.05) is 91.0 Å². The van der Waals surface area contributed by atoms with Crippen LogP contribution in [0.3, 0.4) is 0 Å². The van der Waals surface area contributed by atoms with Crippen molar-refractivity contribution in [2.75, 3.05) is 7.11 Å². The smallest absolute Gasteiger partial charge is 0.267 e. The molecule has 0 aliphatic carbocycles. The second kappa shape index (κ2) is 8.80. The summed E-state index contributed by atoms with van der Waals surface area (Å²) < 4.78 is 5.43. The second-order valence-electron chi connectivity index (χ2n) is 6.46. The molecule has 1 amide bonds. The van der Waals surface area contributed by atoms with Gasteiger partial charge in [-0.15, -0.1) is 0 Å². The largest absolute Gasteiger partial charge is 0.496 e. The zero-order valence-corrected chi connectivity index (χ0v) is 16.8. The highest BCUT2D eigenvalue weighted by Crippen LogP contribution is 2.36. The molecule has 0 atom stereocenters. The highest BCUT2D eigenvalue weighted by Gasteiger charge is 2.33. The molecular weight excluding hydrogens is 380 g/mol. The molecule has 1 heterocycles. The molecule has 29 heavy (non-hydrogen) atoms. The van der Waals surface area contributed by atoms with Gasteiger partial charge in [-0.2, -0.15) is 0 Å². The Balaban J connectivity index is 1.71. The number of thioether (sulfide) groups is 1. The lowest BCUT2D eigenvalue weighted by atomic mass is 10.1. The average Bonchev–Trinajstić information content (AvgIpc) is 3.04. The van der Waals surface area contributed by atoms with Gasteiger partial charge < -0.3 is 4.74 Å². The summed E-state index contributed by atoms with van der Waals surface area (Å²) in [6.07, 6.45) is 1.87. The van der Waals surface area contributed by atoms with Crippen molar-refractivity contribution in [3.05, 3.63) is 101 Å². The van der Waals surface area contributed by atoms with E-state index in [1.165, 1.54) is 11.8 Å². The lowest BCUT2D eigenvalue weighted by Crippen LogP contribution is -2.28. The lowest BCUT2D eigenvalue weighted by Gasteiger charge is -2.15. The molecule has 0 radical (unpaired) electrons. The first-order chi connectivity index (χ1) is 14.2. The van der Waals surface area contributed by atoms with Crippen LogP contribution in [0.25, 0.3) is 6.08 Å². The number of hydrogen-bond donors (Lipinski definition) is 0. The maximum atomic E-state index is 13.2. The quantitative estimate of drug-likeness (QED) is 0.531. The standard InChI is InChI=1S/C24H20N2O2S/c1-28-21-15-9-8-12-19(21)16-22-23(27)26(17-18-10-4-2-5-11-18)24(29-22)25-20-13-6-3-7-14-20/h2-16H,17H2,1H3/b22-16+,25-24?. The van der Waals surface area contributed by atoms with Crippen molar-refractivity contribution in [2.24, 2.45) is 4.99 Å². The van der Waals surface area contributed by atoms with Crippen molar-refractivity contribution in [1.82, 2.24) is 4.90 Å². The van der Waals surface area contributed by atoms with E-state index in [2.05, 4.69) is 0 Å². The van der Waals surface area contributed by atoms with Crippen LogP contribution >= 0.6 is 11.8 Å². The Morgan fingerprint density at radius 1 is 0.931 bits per heavy atom. The summed E-state index contributed by atoms with van der Waals surface area (Å²) in [4.78, 5) is 20.3. The van der Waals surface area contributed by atoms with Gasteiger partial charge in [0.05, 0.1) is 24.2 Å². The molecular formula is C24H20N2O2S. The Kier molecular flexibility index (Phi) is 5.77. The highest BCUT2D eigenvalue weighted by molar-refractivity contribution is 8.18. The molecule has 1 aliphatic rings. The maximum Gasteiger partial charge on any atom is 0.267 e. The normalized spacial score (nSPS) is 16.6. The molecule has 144 valence electrons. The molecule has 1 fully saturated rings. The fourth-order valence-corrected chi connectivity index (χ4v) is 4.03. The zero-order valence-electron chi connectivity index (χ0n) is 16.0. The monoisotopic (exact) mass is 400 g/mol. The third-order valence-corrected chi connectivity index (χ3v) is 5.48. The van der Waals surface area contributed by atoms with E-state index in [4.69, 9.17) is 9.73 Å². The third-order valence-electron chi connectivity index (χ3n) is 4.48. The van der Waals surface area contributed by atoms with E-state index >= 15 is 0 Å². The molecule has 0 unspecified atom stereocenters. The van der Waals surface area contributed by atoms with E-state index < -0.39 is 0 Å². The van der Waals surface area contributed by atoms with E-state index in [1.54, 1.807) is 12.0 Å². The molecule has 5 heteroatoms. The van der Waals surface area contributed by atoms with Crippen molar-refractivity contribution in [1.29, 1.82) is 0 Å². The molecule has 0 N–H and O–H groups in total. The molecule has 0 aromatic heterocycles. The van der Waals surface area contributed by atoms with Crippen molar-refractivity contribution in [3.8, 4) is 5.75 Å². The van der Waals surface area contributed by atoms with E-state index in [-0.39, 0.29) is 5.91 Å². The summed E-state index contributed by atoms with van der Waals surface area (Å²) in [5.74, 6) is 0.677. The summed E-state index contributed by atoms with van der Waals surface area (Å²) in [7, 11) is 1.63. The molecule has 4 rings (SSSR count). The molecule has 0 bridgehead atoms. The van der Waals surface area contributed by atoms with Gasteiger partial charge in [-0.25, -0.2) is 4.99 Å². The topological polar surface area (TPSA) is 41.9 Å². The third kappa shape index (κ3) is 4.41. The minimum absolute atomic E-state index is 0.0561. The minimum atomic E-state index is -0.0561. The molecule has 3 aromatic rings. The van der Waals surface area contributed by atoms with Gasteiger partial charge in [0, 0.05) is 5.56 Å². The Hall–Kier alpha value is -3.31. The number of amides is 1. The average molecular weight is 401 g/mol. The van der Waals surface area contributed by atoms with Crippen LogP contribution in [0, 0.1) is 0 Å². The van der Waals surface area contributed by atoms with Gasteiger partial charge in [-0.3, -0.25) is 9.69 Å². The van der Waals surface area contributed by atoms with Crippen molar-refractivity contribution >= 4 is 34.6 Å². The van der Waals surface area contributed by atoms with E-state index in [0.29, 0.717) is 16.6 Å². The Labute approximate surface area is 174 Å². The van der Waals surface area contributed by atoms with E-state index in [9.17, 15) is 4.79 Å². The number of nitrogens with zero attached hydrogens (tertiary/aromatic N) is 2. The summed E-state index contributed by atoms with van der Waals surface area (Å²) in [5, 5.41) is 0.672. The number of carbonyl (C=O) groups excluding carboxylic acids is 1. The Bertz CT molecular complexity index is 1060. The van der Waals surface area contributed by atoms with Crippen LogP contribution in [0.2, 0.25) is 0 Å². The summed E-state index contributed by atoms with van der Waals surface area (Å²) >= 11 is 1.39. The van der Waals surface area contributed by atoms with Crippen molar-refractivity contribution in [3.63, 3.8) is 0 Å². The lowest BCUT2D eigenvalue weighted by molar-refractivity contribution is -0.122. The van der Waals surface area contributed by atoms with Crippen molar-refractivity contribution in [2.45, 2.75) is 6.54 Å². The molecule has 3 aromatic carbocycles. The first-order valence-electron chi connectivity index (χ1n) is 9.27. The van der Waals surface area contributed by atoms with E-state index in [0.717, 1.165) is 22.6 Å². The predicted molar refractivity (Wildman–Crippen MR) is 119 cm³/mol. The molecule has 1 aliphatic heterocycles. The van der Waals surface area contributed by atoms with Gasteiger partial charge in [0.25, 0.3) is 5.91 Å². The summed E-state index contributed by atoms with van der Waals surface area (Å²) in [5.41, 5.74) is 2.74. The summed E-state index contributed by atoms with van der Waals surface area (Å²) in [6, 6.07) is 27.3. The Morgan fingerprint density at radius 3 is 2.31 bits per heavy atom. The maximum absolute atomic E-state index is 13.2. The van der Waals surface area contributed by atoms with Crippen LogP contribution in [-0.4, -0.2) is 23.1 Å². The number of amidine groups is 1. The first kappa shape index (κ1) is 19.0. The van der Waals surface area contributed by atoms with Crippen LogP contribution in [-0.2, 0) is 11.3 Å². The number of benzene rings is 3. The van der Waals surface area contributed by atoms with Gasteiger partial charge in [0.15, 0.2) is 5.17 Å². The van der Waals surface area contributed by atoms with Crippen LogP contribution in [0.15, 0.2) is 94.8 Å². The SMILES string of the molecule is COc1ccccc1/C=C1/SC(=Nc2ccccc2)N(Cc2ccccc2)C1=O. The fourth-order valence-electron chi connectivity index (χ4n) is 3.04. The van der Waals surface area contributed by atoms with Gasteiger partial charge in [-0.05, 0) is 41.6 Å². The van der Waals surface area contributed by atoms with Gasteiger partial charge >= 0.3 is 0 Å². The van der Waals surface area contributed by atoms with Crippen LogP contribution < -0.4 is 4.74 Å². The number of methoxy groups -OCH3 is 1. The zero-order chi connectivity index (χ0) is 20.1. The number of para-hydroxylation sites is 2.